The van der Waals surface area contributed by atoms with Crippen molar-refractivity contribution >= 4 is 23.1 Å². The smallest absolute Gasteiger partial charge is 0.255 e. The molecule has 0 saturated carbocycles. The van der Waals surface area contributed by atoms with E-state index in [9.17, 15) is 9.18 Å². The van der Waals surface area contributed by atoms with E-state index in [1.54, 1.807) is 6.07 Å². The van der Waals surface area contributed by atoms with Gasteiger partial charge in [0.15, 0.2) is 5.75 Å². The molecule has 1 fully saturated rings. The topological polar surface area (TPSA) is 53.9 Å². The Kier molecular flexibility index (Phi) is 4.67. The number of nitrogens with one attached hydrogen (secondary N) is 1. The first-order valence-corrected chi connectivity index (χ1v) is 9.99. The number of amidine groups is 1. The lowest BCUT2D eigenvalue weighted by Crippen LogP contribution is -2.28. The summed E-state index contributed by atoms with van der Waals surface area (Å²) in [6, 6.07) is 18.7. The van der Waals surface area contributed by atoms with Crippen molar-refractivity contribution in [3.8, 4) is 11.5 Å². The lowest BCUT2D eigenvalue weighted by molar-refractivity contribution is 0.102. The number of carbonyl (C=O) groups excluding carboxylic acids is 1. The maximum absolute atomic E-state index is 13.1. The molecule has 2 heterocycles. The average molecular weight is 401 g/mol. The second kappa shape index (κ2) is 7.63. The molecule has 150 valence electrons. The number of rotatable bonds is 2. The summed E-state index contributed by atoms with van der Waals surface area (Å²) in [5.74, 6) is 1.58. The van der Waals surface area contributed by atoms with Crippen LogP contribution in [0, 0.1) is 5.82 Å². The second-order valence-electron chi connectivity index (χ2n) is 7.37. The van der Waals surface area contributed by atoms with Gasteiger partial charge >= 0.3 is 0 Å². The van der Waals surface area contributed by atoms with Gasteiger partial charge in [0.25, 0.3) is 5.91 Å². The normalized spacial score (nSPS) is 14.8. The van der Waals surface area contributed by atoms with Crippen LogP contribution in [-0.4, -0.2) is 29.7 Å². The van der Waals surface area contributed by atoms with E-state index in [1.165, 1.54) is 24.3 Å². The summed E-state index contributed by atoms with van der Waals surface area (Å²) in [4.78, 5) is 19.7. The summed E-state index contributed by atoms with van der Waals surface area (Å²) in [6.45, 7) is 1.87. The molecule has 3 aromatic carbocycles. The summed E-state index contributed by atoms with van der Waals surface area (Å²) >= 11 is 0. The van der Waals surface area contributed by atoms with Crippen molar-refractivity contribution < 1.29 is 13.9 Å². The summed E-state index contributed by atoms with van der Waals surface area (Å²) in [5, 5.41) is 2.89. The molecule has 2 aliphatic heterocycles. The first kappa shape index (κ1) is 18.4. The van der Waals surface area contributed by atoms with Crippen LogP contribution in [0.4, 0.5) is 15.8 Å². The molecule has 0 spiro atoms. The van der Waals surface area contributed by atoms with Gasteiger partial charge in [-0.25, -0.2) is 9.38 Å². The molecular formula is C24H20FN3O2. The minimum absolute atomic E-state index is 0.299. The number of nitrogens with zero attached hydrogens (tertiary/aromatic N) is 2. The van der Waals surface area contributed by atoms with Gasteiger partial charge in [-0.1, -0.05) is 12.1 Å². The first-order valence-electron chi connectivity index (χ1n) is 9.99. The third kappa shape index (κ3) is 3.52. The van der Waals surface area contributed by atoms with Gasteiger partial charge in [0.2, 0.25) is 0 Å². The Morgan fingerprint density at radius 3 is 2.53 bits per heavy atom. The molecule has 1 amide bonds. The number of hydrogen-bond donors (Lipinski definition) is 1. The summed E-state index contributed by atoms with van der Waals surface area (Å²) < 4.78 is 19.3. The molecule has 0 bridgehead atoms. The quantitative estimate of drug-likeness (QED) is 0.629. The van der Waals surface area contributed by atoms with E-state index in [2.05, 4.69) is 10.2 Å². The number of halogens is 1. The summed E-state index contributed by atoms with van der Waals surface area (Å²) in [6.07, 6.45) is 2.25. The predicted molar refractivity (Wildman–Crippen MR) is 114 cm³/mol. The van der Waals surface area contributed by atoms with Crippen molar-refractivity contribution in [3.63, 3.8) is 0 Å². The first-order chi connectivity index (χ1) is 14.7. The zero-order valence-corrected chi connectivity index (χ0v) is 16.3. The Hall–Kier alpha value is -3.67. The molecule has 30 heavy (non-hydrogen) atoms. The third-order valence-electron chi connectivity index (χ3n) is 5.30. The van der Waals surface area contributed by atoms with Gasteiger partial charge in [0.1, 0.15) is 23.1 Å². The number of anilines is 1. The molecule has 5 nitrogen and oxygen atoms in total. The fourth-order valence-electron chi connectivity index (χ4n) is 3.77. The lowest BCUT2D eigenvalue weighted by atomic mass is 10.1. The van der Waals surface area contributed by atoms with E-state index < -0.39 is 0 Å². The number of likely N-dealkylation sites (tertiary alicyclic amines) is 1. The van der Waals surface area contributed by atoms with Gasteiger partial charge in [-0.05, 0) is 67.4 Å². The van der Waals surface area contributed by atoms with Crippen LogP contribution in [0.25, 0.3) is 0 Å². The van der Waals surface area contributed by atoms with E-state index in [0.717, 1.165) is 43.0 Å². The van der Waals surface area contributed by atoms with Crippen molar-refractivity contribution in [2.75, 3.05) is 18.4 Å². The average Bonchev–Trinajstić information content (AvgIpc) is 3.24. The number of ether oxygens (including phenoxy) is 1. The minimum atomic E-state index is -0.375. The van der Waals surface area contributed by atoms with Crippen molar-refractivity contribution in [2.45, 2.75) is 12.8 Å². The monoisotopic (exact) mass is 401 g/mol. The van der Waals surface area contributed by atoms with Crippen LogP contribution >= 0.6 is 0 Å². The van der Waals surface area contributed by atoms with E-state index in [4.69, 9.17) is 9.73 Å². The van der Waals surface area contributed by atoms with E-state index >= 15 is 0 Å². The van der Waals surface area contributed by atoms with Crippen LogP contribution in [0.5, 0.6) is 11.5 Å². The Labute approximate surface area is 173 Å². The van der Waals surface area contributed by atoms with Crippen molar-refractivity contribution in [1.29, 1.82) is 0 Å². The number of carbonyl (C=O) groups is 1. The van der Waals surface area contributed by atoms with Gasteiger partial charge in [0.05, 0.1) is 5.56 Å². The minimum Gasteiger partial charge on any atom is -0.454 e. The molecule has 6 heteroatoms. The number of para-hydroxylation sites is 2. The number of amides is 1. The van der Waals surface area contributed by atoms with Crippen LogP contribution in [0.15, 0.2) is 71.7 Å². The Balaban J connectivity index is 1.52. The molecule has 1 N–H and O–H groups in total. The highest BCUT2D eigenvalue weighted by Crippen LogP contribution is 2.39. The van der Waals surface area contributed by atoms with Crippen LogP contribution in [-0.2, 0) is 0 Å². The lowest BCUT2D eigenvalue weighted by Gasteiger charge is -2.21. The highest BCUT2D eigenvalue weighted by atomic mass is 19.1. The Bertz CT molecular complexity index is 1140. The molecule has 0 atom stereocenters. The predicted octanol–water partition coefficient (Wildman–Crippen LogP) is 5.36. The maximum Gasteiger partial charge on any atom is 0.255 e. The molecule has 0 aliphatic carbocycles. The molecule has 3 aromatic rings. The van der Waals surface area contributed by atoms with Gasteiger partial charge in [-0.2, -0.15) is 0 Å². The molecule has 0 aromatic heterocycles. The zero-order valence-electron chi connectivity index (χ0n) is 16.3. The van der Waals surface area contributed by atoms with Crippen LogP contribution < -0.4 is 10.1 Å². The Morgan fingerprint density at radius 1 is 0.967 bits per heavy atom. The van der Waals surface area contributed by atoms with E-state index in [0.29, 0.717) is 22.7 Å². The SMILES string of the molecule is O=C(Nc1ccc2c(c1)C(N1CCCC1)=Nc1ccccc1O2)c1ccc(F)cc1. The Morgan fingerprint density at radius 2 is 1.73 bits per heavy atom. The molecule has 1 saturated heterocycles. The summed E-state index contributed by atoms with van der Waals surface area (Å²) in [7, 11) is 0. The standard InChI is InChI=1S/C24H20FN3O2/c25-17-9-7-16(8-10-17)24(29)26-18-11-12-21-19(15-18)23(28-13-3-4-14-28)27-20-5-1-2-6-22(20)30-21/h1-2,5-12,15H,3-4,13-14H2,(H,26,29). The van der Waals surface area contributed by atoms with E-state index in [-0.39, 0.29) is 11.7 Å². The number of benzene rings is 3. The number of hydrogen-bond acceptors (Lipinski definition) is 4. The highest BCUT2D eigenvalue weighted by Gasteiger charge is 2.25. The maximum atomic E-state index is 13.1. The molecule has 0 radical (unpaired) electrons. The molecule has 5 rings (SSSR count). The molecule has 0 unspecified atom stereocenters. The third-order valence-corrected chi connectivity index (χ3v) is 5.30. The van der Waals surface area contributed by atoms with Crippen molar-refractivity contribution in [3.05, 3.63) is 83.7 Å². The second-order valence-corrected chi connectivity index (χ2v) is 7.37. The largest absolute Gasteiger partial charge is 0.454 e. The highest BCUT2D eigenvalue weighted by molar-refractivity contribution is 6.07. The van der Waals surface area contributed by atoms with Gasteiger partial charge < -0.3 is 15.0 Å². The van der Waals surface area contributed by atoms with E-state index in [1.807, 2.05) is 36.4 Å². The van der Waals surface area contributed by atoms with Crippen molar-refractivity contribution in [2.24, 2.45) is 4.99 Å². The van der Waals surface area contributed by atoms with Crippen molar-refractivity contribution in [1.82, 2.24) is 4.90 Å². The number of aliphatic imine (C=N–C) groups is 1. The zero-order chi connectivity index (χ0) is 20.5. The van der Waals surface area contributed by atoms with Crippen LogP contribution in [0.3, 0.4) is 0 Å². The summed E-state index contributed by atoms with van der Waals surface area (Å²) in [5.41, 5.74) is 2.64. The number of fused-ring (bicyclic) bond motifs is 2. The van der Waals surface area contributed by atoms with Gasteiger partial charge in [-0.15, -0.1) is 0 Å². The van der Waals surface area contributed by atoms with Gasteiger partial charge in [-0.3, -0.25) is 4.79 Å². The fraction of sp³-hybridized carbons (Fsp3) is 0.167. The van der Waals surface area contributed by atoms with Gasteiger partial charge in [0, 0.05) is 24.3 Å². The molecule has 2 aliphatic rings. The van der Waals surface area contributed by atoms with Crippen LogP contribution in [0.1, 0.15) is 28.8 Å². The fourth-order valence-corrected chi connectivity index (χ4v) is 3.77. The van der Waals surface area contributed by atoms with Crippen LogP contribution in [0.2, 0.25) is 0 Å². The molecular weight excluding hydrogens is 381 g/mol.